The Bertz CT molecular complexity index is 385. The van der Waals surface area contributed by atoms with Gasteiger partial charge in [-0.1, -0.05) is 0 Å². The lowest BCUT2D eigenvalue weighted by molar-refractivity contribution is -0.143. The predicted octanol–water partition coefficient (Wildman–Crippen LogP) is 1.30. The summed E-state index contributed by atoms with van der Waals surface area (Å²) in [7, 11) is 2.73. The highest BCUT2D eigenvalue weighted by Crippen LogP contribution is 2.63. The Balaban J connectivity index is 2.00. The van der Waals surface area contributed by atoms with Crippen LogP contribution >= 0.6 is 0 Å². The second-order valence-corrected chi connectivity index (χ2v) is 5.20. The smallest absolute Gasteiger partial charge is 0.334 e. The Morgan fingerprint density at radius 1 is 0.941 bits per heavy atom. The van der Waals surface area contributed by atoms with Crippen LogP contribution < -0.4 is 0 Å². The van der Waals surface area contributed by atoms with Crippen LogP contribution in [0.4, 0.5) is 0 Å². The highest BCUT2D eigenvalue weighted by atomic mass is 16.5. The number of rotatable bonds is 2. The molecule has 0 radical (unpaired) electrons. The molecule has 3 rings (SSSR count). The number of carbonyl (C=O) groups is 2. The molecule has 0 aromatic carbocycles. The summed E-state index contributed by atoms with van der Waals surface area (Å²) in [5.41, 5.74) is 1.19. The van der Waals surface area contributed by atoms with Gasteiger partial charge in [0.1, 0.15) is 0 Å². The van der Waals surface area contributed by atoms with E-state index in [9.17, 15) is 9.59 Å². The van der Waals surface area contributed by atoms with E-state index in [-0.39, 0.29) is 23.8 Å². The number of carbonyl (C=O) groups excluding carboxylic acids is 2. The van der Waals surface area contributed by atoms with Crippen molar-refractivity contribution in [3.63, 3.8) is 0 Å². The number of esters is 2. The molecule has 3 aliphatic rings. The van der Waals surface area contributed by atoms with Crippen molar-refractivity contribution < 1.29 is 19.1 Å². The number of hydrogen-bond donors (Lipinski definition) is 0. The first kappa shape index (κ1) is 10.8. The zero-order valence-corrected chi connectivity index (χ0v) is 10.1. The van der Waals surface area contributed by atoms with Crippen molar-refractivity contribution in [2.75, 3.05) is 14.2 Å². The Morgan fingerprint density at radius 3 is 1.71 bits per heavy atom. The molecule has 4 heteroatoms. The molecule has 4 nitrogen and oxygen atoms in total. The van der Waals surface area contributed by atoms with Gasteiger partial charge in [-0.15, -0.1) is 0 Å². The van der Waals surface area contributed by atoms with E-state index in [0.717, 1.165) is 6.42 Å². The van der Waals surface area contributed by atoms with Crippen molar-refractivity contribution in [1.82, 2.24) is 0 Å². The van der Waals surface area contributed by atoms with Gasteiger partial charge in [-0.05, 0) is 31.1 Å². The highest BCUT2D eigenvalue weighted by Gasteiger charge is 2.60. The third-order valence-corrected chi connectivity index (χ3v) is 4.68. The van der Waals surface area contributed by atoms with Gasteiger partial charge in [0.05, 0.1) is 25.4 Å². The van der Waals surface area contributed by atoms with Gasteiger partial charge in [0.25, 0.3) is 0 Å². The summed E-state index contributed by atoms with van der Waals surface area (Å²) in [6.45, 7) is 0. The minimum Gasteiger partial charge on any atom is -0.466 e. The van der Waals surface area contributed by atoms with Crippen LogP contribution in [0.25, 0.3) is 0 Å². The minimum absolute atomic E-state index is 0.260. The maximum Gasteiger partial charge on any atom is 0.334 e. The van der Waals surface area contributed by atoms with Gasteiger partial charge in [0.15, 0.2) is 0 Å². The normalized spacial score (nSPS) is 37.5. The second-order valence-electron chi connectivity index (χ2n) is 5.20. The molecule has 0 amide bonds. The number of hydrogen-bond acceptors (Lipinski definition) is 4. The molecule has 4 atom stereocenters. The van der Waals surface area contributed by atoms with Gasteiger partial charge >= 0.3 is 11.9 Å². The molecule has 2 fully saturated rings. The molecule has 0 heterocycles. The lowest BCUT2D eigenvalue weighted by Crippen LogP contribution is -2.42. The van der Waals surface area contributed by atoms with Crippen LogP contribution in [0.15, 0.2) is 11.1 Å². The van der Waals surface area contributed by atoms with Crippen LogP contribution in [0, 0.1) is 23.7 Å². The van der Waals surface area contributed by atoms with E-state index >= 15 is 0 Å². The number of ether oxygens (including phenoxy) is 2. The van der Waals surface area contributed by atoms with Crippen LogP contribution in [0.5, 0.6) is 0 Å². The van der Waals surface area contributed by atoms with Crippen LogP contribution in [0.1, 0.15) is 19.3 Å². The molecule has 0 N–H and O–H groups in total. The Morgan fingerprint density at radius 2 is 1.35 bits per heavy atom. The fraction of sp³-hybridized carbons (Fsp3) is 0.692. The number of methoxy groups -OCH3 is 2. The molecule has 2 bridgehead atoms. The van der Waals surface area contributed by atoms with Crippen molar-refractivity contribution in [3.8, 4) is 0 Å². The fourth-order valence-corrected chi connectivity index (χ4v) is 4.10. The Labute approximate surface area is 100.0 Å². The predicted molar refractivity (Wildman–Crippen MR) is 58.9 cm³/mol. The summed E-state index contributed by atoms with van der Waals surface area (Å²) < 4.78 is 9.58. The Kier molecular flexibility index (Phi) is 2.28. The van der Waals surface area contributed by atoms with Crippen molar-refractivity contribution in [3.05, 3.63) is 11.1 Å². The van der Waals surface area contributed by atoms with Gasteiger partial charge in [-0.3, -0.25) is 0 Å². The lowest BCUT2D eigenvalue weighted by atomic mass is 9.61. The zero-order chi connectivity index (χ0) is 12.2. The third-order valence-electron chi connectivity index (χ3n) is 4.68. The van der Waals surface area contributed by atoms with Gasteiger partial charge in [0.2, 0.25) is 0 Å². The van der Waals surface area contributed by atoms with Gasteiger partial charge in [-0.25, -0.2) is 9.59 Å². The molecule has 0 saturated heterocycles. The zero-order valence-electron chi connectivity index (χ0n) is 10.1. The molecule has 2 saturated carbocycles. The van der Waals surface area contributed by atoms with E-state index in [1.165, 1.54) is 27.1 Å². The topological polar surface area (TPSA) is 52.6 Å². The van der Waals surface area contributed by atoms with Crippen LogP contribution in [-0.2, 0) is 19.1 Å². The molecule has 0 unspecified atom stereocenters. The first-order valence-electron chi connectivity index (χ1n) is 6.09. The maximum atomic E-state index is 11.8. The van der Waals surface area contributed by atoms with Crippen molar-refractivity contribution in [2.24, 2.45) is 23.7 Å². The van der Waals surface area contributed by atoms with Gasteiger partial charge < -0.3 is 9.47 Å². The fourth-order valence-electron chi connectivity index (χ4n) is 4.10. The minimum atomic E-state index is -0.348. The van der Waals surface area contributed by atoms with Crippen LogP contribution in [-0.4, -0.2) is 26.2 Å². The van der Waals surface area contributed by atoms with Gasteiger partial charge in [-0.2, -0.15) is 0 Å². The summed E-state index contributed by atoms with van der Waals surface area (Å²) in [5.74, 6) is 0.976. The summed E-state index contributed by atoms with van der Waals surface area (Å²) in [6.07, 6.45) is 3.51. The molecule has 0 aliphatic heterocycles. The van der Waals surface area contributed by atoms with E-state index in [4.69, 9.17) is 9.47 Å². The maximum absolute atomic E-state index is 11.8. The van der Waals surface area contributed by atoms with E-state index in [1.54, 1.807) is 0 Å². The average Bonchev–Trinajstić information content (AvgIpc) is 2.86. The summed E-state index contributed by atoms with van der Waals surface area (Å²) in [5, 5.41) is 0. The first-order valence-corrected chi connectivity index (χ1v) is 6.09. The Hall–Kier alpha value is -1.32. The van der Waals surface area contributed by atoms with E-state index < -0.39 is 0 Å². The molecule has 0 aromatic rings. The molecule has 3 aliphatic carbocycles. The summed E-state index contributed by atoms with van der Waals surface area (Å²) in [6, 6.07) is 0. The SMILES string of the molecule is COC(=O)C1=C(C(=O)OC)[C@H]2[C@@H]3CC[C@@H](C3)[C@@H]12. The molecular formula is C13H16O4. The monoisotopic (exact) mass is 236 g/mol. The van der Waals surface area contributed by atoms with Gasteiger partial charge in [0, 0.05) is 11.8 Å². The summed E-state index contributed by atoms with van der Waals surface area (Å²) >= 11 is 0. The lowest BCUT2D eigenvalue weighted by Gasteiger charge is -2.42. The van der Waals surface area contributed by atoms with Crippen molar-refractivity contribution in [2.45, 2.75) is 19.3 Å². The van der Waals surface area contributed by atoms with E-state index in [2.05, 4.69) is 0 Å². The van der Waals surface area contributed by atoms with Crippen molar-refractivity contribution in [1.29, 1.82) is 0 Å². The standard InChI is InChI=1S/C13H16O4/c1-16-12(14)10-8-6-3-4-7(5-6)9(8)11(10)13(15)17-2/h6-9H,3-5H2,1-2H3/t6-,7+,8+,9-. The average molecular weight is 236 g/mol. The third kappa shape index (κ3) is 1.24. The summed E-state index contributed by atoms with van der Waals surface area (Å²) in [4.78, 5) is 23.5. The molecular weight excluding hydrogens is 220 g/mol. The van der Waals surface area contributed by atoms with E-state index in [1.807, 2.05) is 0 Å². The molecule has 92 valence electrons. The first-order chi connectivity index (χ1) is 8.19. The van der Waals surface area contributed by atoms with Crippen LogP contribution in [0.2, 0.25) is 0 Å². The molecule has 17 heavy (non-hydrogen) atoms. The van der Waals surface area contributed by atoms with E-state index in [0.29, 0.717) is 23.0 Å². The molecule has 0 spiro atoms. The highest BCUT2D eigenvalue weighted by molar-refractivity contribution is 6.04. The van der Waals surface area contributed by atoms with Crippen molar-refractivity contribution >= 4 is 11.9 Å². The quantitative estimate of drug-likeness (QED) is 0.678. The molecule has 0 aromatic heterocycles. The van der Waals surface area contributed by atoms with Crippen LogP contribution in [0.3, 0.4) is 0 Å². The second kappa shape index (κ2) is 3.59. The number of fused-ring (bicyclic) bond motifs is 5. The largest absolute Gasteiger partial charge is 0.466 e.